The van der Waals surface area contributed by atoms with Crippen LogP contribution in [0, 0.1) is 0 Å². The van der Waals surface area contributed by atoms with E-state index in [1.165, 1.54) is 0 Å². The van der Waals surface area contributed by atoms with Crippen molar-refractivity contribution in [2.24, 2.45) is 0 Å². The van der Waals surface area contributed by atoms with Gasteiger partial charge in [0.2, 0.25) is 0 Å². The molecule has 11 heavy (non-hydrogen) atoms. The normalized spacial score (nSPS) is 18.3. The van der Waals surface area contributed by atoms with Crippen LogP contribution in [0.15, 0.2) is 6.07 Å². The topological polar surface area (TPSA) is 55.9 Å². The van der Waals surface area contributed by atoms with E-state index >= 15 is 0 Å². The van der Waals surface area contributed by atoms with Crippen LogP contribution in [0.25, 0.3) is 0 Å². The average molecular weight is 173 g/mol. The van der Waals surface area contributed by atoms with Gasteiger partial charge in [-0.25, -0.2) is 4.68 Å². The summed E-state index contributed by atoms with van der Waals surface area (Å²) >= 11 is 5.85. The summed E-state index contributed by atoms with van der Waals surface area (Å²) in [6, 6.07) is 2.06. The lowest BCUT2D eigenvalue weighted by Gasteiger charge is -2.27. The van der Waals surface area contributed by atoms with Crippen molar-refractivity contribution in [2.45, 2.75) is 6.04 Å². The van der Waals surface area contributed by atoms with E-state index in [0.717, 1.165) is 13.1 Å². The number of hydrogen-bond acceptors (Lipinski definition) is 3. The molecule has 0 radical (unpaired) electrons. The highest BCUT2D eigenvalue weighted by Gasteiger charge is 2.21. The summed E-state index contributed by atoms with van der Waals surface area (Å²) in [4.78, 5) is 0. The minimum Gasteiger partial charge on any atom is -0.382 e. The number of nitrogen functional groups attached to an aromatic ring is 1. The van der Waals surface area contributed by atoms with Crippen LogP contribution in [0.1, 0.15) is 6.04 Å². The minimum absolute atomic E-state index is 0.389. The monoisotopic (exact) mass is 172 g/mol. The lowest BCUT2D eigenvalue weighted by molar-refractivity contribution is 0.319. The molecule has 1 aliphatic rings. The number of nitrogens with one attached hydrogen (secondary N) is 1. The standard InChI is InChI=1S/C6H9ClN4/c7-5-1-6(8)10-11(5)4-2-9-3-4/h1,4,9H,2-3H2,(H2,8,10). The van der Waals surface area contributed by atoms with Crippen molar-refractivity contribution in [1.29, 1.82) is 0 Å². The van der Waals surface area contributed by atoms with Gasteiger partial charge in [0.1, 0.15) is 11.0 Å². The van der Waals surface area contributed by atoms with Gasteiger partial charge in [0.15, 0.2) is 0 Å². The van der Waals surface area contributed by atoms with Crippen LogP contribution in [0.4, 0.5) is 5.82 Å². The van der Waals surface area contributed by atoms with Crippen molar-refractivity contribution in [3.05, 3.63) is 11.2 Å². The third kappa shape index (κ3) is 1.08. The number of halogens is 1. The summed E-state index contributed by atoms with van der Waals surface area (Å²) < 4.78 is 1.76. The summed E-state index contributed by atoms with van der Waals surface area (Å²) in [5.74, 6) is 0.488. The second kappa shape index (κ2) is 2.39. The number of nitrogens with zero attached hydrogens (tertiary/aromatic N) is 2. The summed E-state index contributed by atoms with van der Waals surface area (Å²) in [5, 5.41) is 7.81. The molecule has 1 aliphatic heterocycles. The van der Waals surface area contributed by atoms with Gasteiger partial charge in [-0.3, -0.25) is 0 Å². The number of nitrogens with two attached hydrogens (primary N) is 1. The maximum atomic E-state index is 5.85. The molecule has 0 amide bonds. The van der Waals surface area contributed by atoms with Crippen molar-refractivity contribution in [2.75, 3.05) is 18.8 Å². The fourth-order valence-corrected chi connectivity index (χ4v) is 1.38. The predicted octanol–water partition coefficient (Wildman–Crippen LogP) is 0.263. The molecule has 0 saturated carbocycles. The Bertz CT molecular complexity index is 266. The van der Waals surface area contributed by atoms with E-state index in [0.29, 0.717) is 17.0 Å². The van der Waals surface area contributed by atoms with E-state index in [2.05, 4.69) is 10.4 Å². The number of anilines is 1. The van der Waals surface area contributed by atoms with Gasteiger partial charge in [-0.1, -0.05) is 11.6 Å². The third-order valence-electron chi connectivity index (χ3n) is 1.81. The first-order valence-electron chi connectivity index (χ1n) is 3.48. The van der Waals surface area contributed by atoms with Gasteiger partial charge in [-0.15, -0.1) is 0 Å². The molecule has 0 atom stereocenters. The van der Waals surface area contributed by atoms with Gasteiger partial charge in [0, 0.05) is 19.2 Å². The van der Waals surface area contributed by atoms with Gasteiger partial charge >= 0.3 is 0 Å². The second-order valence-corrected chi connectivity index (χ2v) is 3.04. The zero-order chi connectivity index (χ0) is 7.84. The highest BCUT2D eigenvalue weighted by atomic mass is 35.5. The number of rotatable bonds is 1. The summed E-state index contributed by atoms with van der Waals surface area (Å²) in [6.07, 6.45) is 0. The fraction of sp³-hybridized carbons (Fsp3) is 0.500. The Kier molecular flexibility index (Phi) is 1.51. The van der Waals surface area contributed by atoms with Crippen LogP contribution in [0.5, 0.6) is 0 Å². The Balaban J connectivity index is 2.28. The highest BCUT2D eigenvalue weighted by Crippen LogP contribution is 2.19. The van der Waals surface area contributed by atoms with Crippen LogP contribution < -0.4 is 11.1 Å². The maximum Gasteiger partial charge on any atom is 0.147 e. The summed E-state index contributed by atoms with van der Waals surface area (Å²) in [7, 11) is 0. The Morgan fingerprint density at radius 2 is 2.45 bits per heavy atom. The first-order chi connectivity index (χ1) is 5.27. The lowest BCUT2D eigenvalue weighted by Crippen LogP contribution is -2.43. The highest BCUT2D eigenvalue weighted by molar-refractivity contribution is 6.29. The largest absolute Gasteiger partial charge is 0.382 e. The molecule has 0 spiro atoms. The molecule has 0 aromatic carbocycles. The molecule has 0 bridgehead atoms. The molecule has 1 fully saturated rings. The van der Waals surface area contributed by atoms with Crippen LogP contribution >= 0.6 is 11.6 Å². The van der Waals surface area contributed by atoms with Crippen molar-refractivity contribution < 1.29 is 0 Å². The van der Waals surface area contributed by atoms with Crippen LogP contribution in [-0.4, -0.2) is 22.9 Å². The Hall–Kier alpha value is -0.740. The second-order valence-electron chi connectivity index (χ2n) is 2.65. The van der Waals surface area contributed by atoms with Crippen LogP contribution in [-0.2, 0) is 0 Å². The third-order valence-corrected chi connectivity index (χ3v) is 2.10. The van der Waals surface area contributed by atoms with E-state index in [9.17, 15) is 0 Å². The molecule has 1 saturated heterocycles. The van der Waals surface area contributed by atoms with Crippen molar-refractivity contribution >= 4 is 17.4 Å². The van der Waals surface area contributed by atoms with Crippen molar-refractivity contribution in [1.82, 2.24) is 15.1 Å². The molecule has 60 valence electrons. The van der Waals surface area contributed by atoms with Gasteiger partial charge in [-0.05, 0) is 0 Å². The molecule has 5 heteroatoms. The molecule has 0 unspecified atom stereocenters. The van der Waals surface area contributed by atoms with Crippen molar-refractivity contribution in [3.63, 3.8) is 0 Å². The molecule has 2 heterocycles. The first-order valence-corrected chi connectivity index (χ1v) is 3.86. The maximum absolute atomic E-state index is 5.85. The zero-order valence-corrected chi connectivity index (χ0v) is 6.67. The molecule has 0 aliphatic carbocycles. The molecule has 2 rings (SSSR count). The summed E-state index contributed by atoms with van der Waals surface area (Å²) in [5.41, 5.74) is 5.46. The average Bonchev–Trinajstić information content (AvgIpc) is 2.07. The quantitative estimate of drug-likeness (QED) is 0.639. The van der Waals surface area contributed by atoms with Gasteiger partial charge in [-0.2, -0.15) is 5.10 Å². The van der Waals surface area contributed by atoms with Crippen molar-refractivity contribution in [3.8, 4) is 0 Å². The van der Waals surface area contributed by atoms with E-state index in [4.69, 9.17) is 17.3 Å². The number of hydrogen-bond donors (Lipinski definition) is 2. The van der Waals surface area contributed by atoms with E-state index in [1.54, 1.807) is 10.7 Å². The molecule has 4 nitrogen and oxygen atoms in total. The van der Waals surface area contributed by atoms with E-state index in [1.807, 2.05) is 0 Å². The van der Waals surface area contributed by atoms with Gasteiger partial charge in [0.05, 0.1) is 6.04 Å². The van der Waals surface area contributed by atoms with Gasteiger partial charge < -0.3 is 11.1 Å². The minimum atomic E-state index is 0.389. The first kappa shape index (κ1) is 6.94. The Labute approximate surface area is 69.3 Å². The zero-order valence-electron chi connectivity index (χ0n) is 5.92. The fourth-order valence-electron chi connectivity index (χ4n) is 1.09. The molecule has 3 N–H and O–H groups in total. The molecular formula is C6H9ClN4. The molecule has 1 aromatic rings. The van der Waals surface area contributed by atoms with Crippen LogP contribution in [0.2, 0.25) is 5.15 Å². The summed E-state index contributed by atoms with van der Waals surface area (Å²) in [6.45, 7) is 1.86. The SMILES string of the molecule is Nc1cc(Cl)n(C2CNC2)n1. The smallest absolute Gasteiger partial charge is 0.147 e. The Morgan fingerprint density at radius 3 is 2.82 bits per heavy atom. The van der Waals surface area contributed by atoms with Gasteiger partial charge in [0.25, 0.3) is 0 Å². The lowest BCUT2D eigenvalue weighted by atomic mass is 10.2. The predicted molar refractivity (Wildman–Crippen MR) is 43.6 cm³/mol. The number of aromatic nitrogens is 2. The van der Waals surface area contributed by atoms with E-state index in [-0.39, 0.29) is 0 Å². The van der Waals surface area contributed by atoms with E-state index < -0.39 is 0 Å². The molecule has 1 aromatic heterocycles. The van der Waals surface area contributed by atoms with Crippen LogP contribution in [0.3, 0.4) is 0 Å². The molecular weight excluding hydrogens is 164 g/mol. The Morgan fingerprint density at radius 1 is 1.73 bits per heavy atom.